The van der Waals surface area contributed by atoms with Crippen LogP contribution in [0, 0.1) is 0 Å². The first kappa shape index (κ1) is 18.5. The van der Waals surface area contributed by atoms with Crippen LogP contribution in [-0.4, -0.2) is 27.2 Å². The average molecular weight is 380 g/mol. The Bertz CT molecular complexity index is 839. The quantitative estimate of drug-likeness (QED) is 0.807. The number of aromatic nitrogens is 2. The van der Waals surface area contributed by atoms with Crippen LogP contribution in [0.15, 0.2) is 4.79 Å². The molecule has 136 valence electrons. The molecule has 25 heavy (non-hydrogen) atoms. The molecule has 1 amide bonds. The molecule has 0 unspecified atom stereocenters. The number of H-pyrrole nitrogens is 1. The summed E-state index contributed by atoms with van der Waals surface area (Å²) in [6.07, 6.45) is 5.29. The zero-order chi connectivity index (χ0) is 18.0. The highest BCUT2D eigenvalue weighted by molar-refractivity contribution is 7.99. The van der Waals surface area contributed by atoms with Crippen molar-refractivity contribution in [3.05, 3.63) is 26.6 Å². The van der Waals surface area contributed by atoms with Crippen LogP contribution in [0.4, 0.5) is 0 Å². The van der Waals surface area contributed by atoms with Crippen molar-refractivity contribution in [1.29, 1.82) is 0 Å². The van der Waals surface area contributed by atoms with Crippen LogP contribution in [0.5, 0.6) is 0 Å². The van der Waals surface area contributed by atoms with Crippen molar-refractivity contribution in [2.24, 2.45) is 0 Å². The highest BCUT2D eigenvalue weighted by Crippen LogP contribution is 2.33. The fraction of sp³-hybridized carbons (Fsp3) is 0.611. The van der Waals surface area contributed by atoms with Gasteiger partial charge in [-0.2, -0.15) is 0 Å². The minimum atomic E-state index is -0.181. The summed E-state index contributed by atoms with van der Waals surface area (Å²) in [6, 6.07) is 0. The topological polar surface area (TPSA) is 74.8 Å². The maximum Gasteiger partial charge on any atom is 0.259 e. The van der Waals surface area contributed by atoms with E-state index in [1.165, 1.54) is 28.6 Å². The number of thiophene rings is 1. The van der Waals surface area contributed by atoms with Crippen LogP contribution < -0.4 is 10.9 Å². The molecule has 2 N–H and O–H groups in total. The zero-order valence-corrected chi connectivity index (χ0v) is 16.7. The molecular weight excluding hydrogens is 354 g/mol. The molecule has 5 nitrogen and oxygen atoms in total. The SMILES string of the molecule is CCC(C)(C)NC(=O)CSCc1nc2sc3c(c2c(=O)[nH]1)CCCC3. The number of carbonyl (C=O) groups is 1. The molecule has 0 aliphatic heterocycles. The largest absolute Gasteiger partial charge is 0.351 e. The lowest BCUT2D eigenvalue weighted by atomic mass is 9.97. The predicted octanol–water partition coefficient (Wildman–Crippen LogP) is 3.40. The van der Waals surface area contributed by atoms with Crippen molar-refractivity contribution >= 4 is 39.2 Å². The standard InChI is InChI=1S/C18H25N3O2S2/c1-4-18(2,3)21-14(22)10-24-9-13-19-16(23)15-11-7-5-6-8-12(11)25-17(15)20-13/h4-10H2,1-3H3,(H,21,22)(H,19,20,23). The molecule has 7 heteroatoms. The predicted molar refractivity (Wildman–Crippen MR) is 106 cm³/mol. The number of amides is 1. The molecule has 1 aliphatic rings. The molecule has 2 aromatic heterocycles. The Hall–Kier alpha value is -1.34. The number of aryl methyl sites for hydroxylation is 2. The molecule has 0 radical (unpaired) electrons. The summed E-state index contributed by atoms with van der Waals surface area (Å²) in [4.78, 5) is 34.2. The minimum absolute atomic E-state index is 0.0202. The lowest BCUT2D eigenvalue weighted by Gasteiger charge is -2.24. The number of hydrogen-bond acceptors (Lipinski definition) is 5. The van der Waals surface area contributed by atoms with E-state index in [2.05, 4.69) is 22.2 Å². The molecular formula is C18H25N3O2S2. The Morgan fingerprint density at radius 2 is 2.12 bits per heavy atom. The van der Waals surface area contributed by atoms with Crippen molar-refractivity contribution in [3.8, 4) is 0 Å². The van der Waals surface area contributed by atoms with Gasteiger partial charge in [-0.05, 0) is 51.5 Å². The lowest BCUT2D eigenvalue weighted by Crippen LogP contribution is -2.43. The van der Waals surface area contributed by atoms with Gasteiger partial charge in [0.25, 0.3) is 5.56 Å². The summed E-state index contributed by atoms with van der Waals surface area (Å²) in [7, 11) is 0. The van der Waals surface area contributed by atoms with Crippen molar-refractivity contribution in [3.63, 3.8) is 0 Å². The van der Waals surface area contributed by atoms with Gasteiger partial charge in [-0.25, -0.2) is 4.98 Å². The van der Waals surface area contributed by atoms with E-state index in [9.17, 15) is 9.59 Å². The molecule has 2 heterocycles. The second-order valence-electron chi connectivity index (χ2n) is 7.18. The van der Waals surface area contributed by atoms with E-state index in [1.54, 1.807) is 11.3 Å². The molecule has 1 aliphatic carbocycles. The number of nitrogens with zero attached hydrogens (tertiary/aromatic N) is 1. The molecule has 0 atom stereocenters. The lowest BCUT2D eigenvalue weighted by molar-refractivity contribution is -0.120. The maximum absolute atomic E-state index is 12.5. The Balaban J connectivity index is 1.67. The van der Waals surface area contributed by atoms with Crippen LogP contribution >= 0.6 is 23.1 Å². The fourth-order valence-electron chi connectivity index (χ4n) is 3.02. The van der Waals surface area contributed by atoms with Crippen molar-refractivity contribution < 1.29 is 4.79 Å². The summed E-state index contributed by atoms with van der Waals surface area (Å²) < 4.78 is 0. The van der Waals surface area contributed by atoms with E-state index in [0.717, 1.165) is 35.9 Å². The number of rotatable bonds is 6. The number of carbonyl (C=O) groups excluding carboxylic acids is 1. The smallest absolute Gasteiger partial charge is 0.259 e. The molecule has 3 rings (SSSR count). The van der Waals surface area contributed by atoms with Crippen molar-refractivity contribution in [2.75, 3.05) is 5.75 Å². The summed E-state index contributed by atoms with van der Waals surface area (Å²) in [6.45, 7) is 6.08. The first-order valence-corrected chi connectivity index (χ1v) is 10.8. The number of aromatic amines is 1. The second-order valence-corrected chi connectivity index (χ2v) is 9.25. The van der Waals surface area contributed by atoms with Crippen molar-refractivity contribution in [2.45, 2.75) is 64.2 Å². The van der Waals surface area contributed by atoms with Gasteiger partial charge in [0, 0.05) is 10.4 Å². The van der Waals surface area contributed by atoms with Gasteiger partial charge in [0.15, 0.2) is 0 Å². The monoisotopic (exact) mass is 379 g/mol. The summed E-state index contributed by atoms with van der Waals surface area (Å²) >= 11 is 3.14. The van der Waals surface area contributed by atoms with Crippen molar-refractivity contribution in [1.82, 2.24) is 15.3 Å². The molecule has 2 aromatic rings. The van der Waals surface area contributed by atoms with Gasteiger partial charge in [-0.1, -0.05) is 6.92 Å². The van der Waals surface area contributed by atoms with Gasteiger partial charge in [-0.3, -0.25) is 9.59 Å². The first-order chi connectivity index (χ1) is 11.9. The van der Waals surface area contributed by atoms with Gasteiger partial charge in [0.1, 0.15) is 10.7 Å². The van der Waals surface area contributed by atoms with Crippen LogP contribution in [0.2, 0.25) is 0 Å². The van der Waals surface area contributed by atoms with Gasteiger partial charge < -0.3 is 10.3 Å². The maximum atomic E-state index is 12.5. The molecule has 0 spiro atoms. The van der Waals surface area contributed by atoms with Gasteiger partial charge in [-0.15, -0.1) is 23.1 Å². The normalized spacial score (nSPS) is 14.5. The van der Waals surface area contributed by atoms with Crippen LogP contribution in [0.25, 0.3) is 10.2 Å². The third-order valence-electron chi connectivity index (χ3n) is 4.71. The van der Waals surface area contributed by atoms with Gasteiger partial charge in [0.2, 0.25) is 5.91 Å². The summed E-state index contributed by atoms with van der Waals surface area (Å²) in [5.74, 6) is 1.58. The summed E-state index contributed by atoms with van der Waals surface area (Å²) in [5.41, 5.74) is 0.996. The number of hydrogen-bond donors (Lipinski definition) is 2. The average Bonchev–Trinajstić information content (AvgIpc) is 2.93. The third kappa shape index (κ3) is 4.26. The molecule has 0 saturated carbocycles. The van der Waals surface area contributed by atoms with Crippen LogP contribution in [-0.2, 0) is 23.4 Å². The summed E-state index contributed by atoms with van der Waals surface area (Å²) in [5, 5.41) is 3.80. The van der Waals surface area contributed by atoms with E-state index >= 15 is 0 Å². The third-order valence-corrected chi connectivity index (χ3v) is 6.84. The zero-order valence-electron chi connectivity index (χ0n) is 15.0. The van der Waals surface area contributed by atoms with E-state index in [1.807, 2.05) is 13.8 Å². The molecule has 0 aromatic carbocycles. The van der Waals surface area contributed by atoms with Gasteiger partial charge >= 0.3 is 0 Å². The highest BCUT2D eigenvalue weighted by Gasteiger charge is 2.20. The Morgan fingerprint density at radius 1 is 1.36 bits per heavy atom. The fourth-order valence-corrected chi connectivity index (χ4v) is 4.99. The molecule has 0 fully saturated rings. The number of thioether (sulfide) groups is 1. The van der Waals surface area contributed by atoms with E-state index in [4.69, 9.17) is 0 Å². The van der Waals surface area contributed by atoms with Gasteiger partial charge in [0.05, 0.1) is 16.9 Å². The Labute approximate surface area is 156 Å². The molecule has 0 bridgehead atoms. The van der Waals surface area contributed by atoms with E-state index in [-0.39, 0.29) is 17.0 Å². The Morgan fingerprint density at radius 3 is 2.88 bits per heavy atom. The Kier molecular flexibility index (Phi) is 5.53. The highest BCUT2D eigenvalue weighted by atomic mass is 32.2. The van der Waals surface area contributed by atoms with Crippen LogP contribution in [0.3, 0.4) is 0 Å². The first-order valence-electron chi connectivity index (χ1n) is 8.82. The molecule has 0 saturated heterocycles. The van der Waals surface area contributed by atoms with E-state index < -0.39 is 0 Å². The number of nitrogens with one attached hydrogen (secondary N) is 2. The van der Waals surface area contributed by atoms with E-state index in [0.29, 0.717) is 17.3 Å². The second kappa shape index (κ2) is 7.50. The van der Waals surface area contributed by atoms with Crippen LogP contribution in [0.1, 0.15) is 56.3 Å². The minimum Gasteiger partial charge on any atom is -0.351 e. The number of fused-ring (bicyclic) bond motifs is 3.